The van der Waals surface area contributed by atoms with E-state index in [1.807, 2.05) is 6.08 Å². The van der Waals surface area contributed by atoms with Gasteiger partial charge in [0.1, 0.15) is 0 Å². The molecule has 0 fully saturated rings. The molecule has 0 saturated carbocycles. The van der Waals surface area contributed by atoms with Gasteiger partial charge < -0.3 is 10.4 Å². The summed E-state index contributed by atoms with van der Waals surface area (Å²) in [5.74, 6) is 0. The van der Waals surface area contributed by atoms with E-state index in [1.54, 1.807) is 0 Å². The van der Waals surface area contributed by atoms with Crippen LogP contribution in [0.4, 0.5) is 0 Å². The molecule has 0 spiro atoms. The van der Waals surface area contributed by atoms with Crippen LogP contribution in [0.25, 0.3) is 0 Å². The molecule has 0 aliphatic rings. The van der Waals surface area contributed by atoms with Crippen LogP contribution in [0.1, 0.15) is 24.5 Å². The lowest BCUT2D eigenvalue weighted by Crippen LogP contribution is -2.27. The molecule has 106 valence electrons. The maximum absolute atomic E-state index is 9.10. The Bertz CT molecular complexity index is 366. The lowest BCUT2D eigenvalue weighted by Gasteiger charge is -2.21. The second kappa shape index (κ2) is 9.73. The first-order chi connectivity index (χ1) is 9.31. The van der Waals surface area contributed by atoms with Crippen LogP contribution in [0.15, 0.2) is 36.9 Å². The summed E-state index contributed by atoms with van der Waals surface area (Å²) in [4.78, 5) is 2.20. The SMILES string of the molecule is C=CCN(CCO)Cc1ccccc1CNCCC. The van der Waals surface area contributed by atoms with Crippen LogP contribution in [-0.2, 0) is 13.1 Å². The van der Waals surface area contributed by atoms with Gasteiger partial charge in [0.05, 0.1) is 6.61 Å². The molecular formula is C16H26N2O. The van der Waals surface area contributed by atoms with Crippen molar-refractivity contribution in [3.8, 4) is 0 Å². The van der Waals surface area contributed by atoms with E-state index in [-0.39, 0.29) is 6.61 Å². The summed E-state index contributed by atoms with van der Waals surface area (Å²) in [5, 5.41) is 12.5. The van der Waals surface area contributed by atoms with E-state index in [0.717, 1.165) is 32.6 Å². The maximum atomic E-state index is 9.10. The van der Waals surface area contributed by atoms with E-state index >= 15 is 0 Å². The molecule has 0 aliphatic carbocycles. The van der Waals surface area contributed by atoms with Crippen LogP contribution in [0.5, 0.6) is 0 Å². The Morgan fingerprint density at radius 1 is 1.32 bits per heavy atom. The van der Waals surface area contributed by atoms with Crippen molar-refractivity contribution in [2.45, 2.75) is 26.4 Å². The second-order valence-corrected chi connectivity index (χ2v) is 4.69. The van der Waals surface area contributed by atoms with E-state index in [9.17, 15) is 0 Å². The summed E-state index contributed by atoms with van der Waals surface area (Å²) < 4.78 is 0. The monoisotopic (exact) mass is 262 g/mol. The zero-order chi connectivity index (χ0) is 13.9. The molecule has 1 rings (SSSR count). The fourth-order valence-corrected chi connectivity index (χ4v) is 2.08. The number of nitrogens with one attached hydrogen (secondary N) is 1. The third kappa shape index (κ3) is 6.01. The lowest BCUT2D eigenvalue weighted by atomic mass is 10.1. The number of aliphatic hydroxyl groups is 1. The van der Waals surface area contributed by atoms with Crippen LogP contribution < -0.4 is 5.32 Å². The van der Waals surface area contributed by atoms with Gasteiger partial charge in [-0.3, -0.25) is 4.90 Å². The molecular weight excluding hydrogens is 236 g/mol. The molecule has 1 aromatic carbocycles. The predicted molar refractivity (Wildman–Crippen MR) is 81.0 cm³/mol. The average molecular weight is 262 g/mol. The number of nitrogens with zero attached hydrogens (tertiary/aromatic N) is 1. The first-order valence-electron chi connectivity index (χ1n) is 7.03. The lowest BCUT2D eigenvalue weighted by molar-refractivity contribution is 0.203. The quantitative estimate of drug-likeness (QED) is 0.501. The van der Waals surface area contributed by atoms with Crippen LogP contribution in [0.3, 0.4) is 0 Å². The third-order valence-corrected chi connectivity index (χ3v) is 3.06. The van der Waals surface area contributed by atoms with Crippen molar-refractivity contribution < 1.29 is 5.11 Å². The third-order valence-electron chi connectivity index (χ3n) is 3.06. The summed E-state index contributed by atoms with van der Waals surface area (Å²) in [5.41, 5.74) is 2.66. The standard InChI is InChI=1S/C16H26N2O/c1-3-9-17-13-15-7-5-6-8-16(15)14-18(10-4-2)11-12-19/h4-8,17,19H,2-3,9-14H2,1H3. The van der Waals surface area contributed by atoms with E-state index in [2.05, 4.69) is 48.0 Å². The van der Waals surface area contributed by atoms with Crippen LogP contribution in [-0.4, -0.2) is 36.2 Å². The molecule has 1 aromatic rings. The largest absolute Gasteiger partial charge is 0.395 e. The van der Waals surface area contributed by atoms with Gasteiger partial charge in [0.2, 0.25) is 0 Å². The van der Waals surface area contributed by atoms with Gasteiger partial charge >= 0.3 is 0 Å². The summed E-state index contributed by atoms with van der Waals surface area (Å²) in [6, 6.07) is 8.49. The van der Waals surface area contributed by atoms with Crippen molar-refractivity contribution in [1.29, 1.82) is 0 Å². The number of benzene rings is 1. The maximum Gasteiger partial charge on any atom is 0.0558 e. The summed E-state index contributed by atoms with van der Waals surface area (Å²) in [6.07, 6.45) is 3.03. The summed E-state index contributed by atoms with van der Waals surface area (Å²) in [7, 11) is 0. The van der Waals surface area contributed by atoms with Gasteiger partial charge in [0, 0.05) is 26.2 Å². The molecule has 3 nitrogen and oxygen atoms in total. The van der Waals surface area contributed by atoms with E-state index in [1.165, 1.54) is 11.1 Å². The van der Waals surface area contributed by atoms with Crippen LogP contribution in [0, 0.1) is 0 Å². The second-order valence-electron chi connectivity index (χ2n) is 4.69. The molecule has 0 saturated heterocycles. The molecule has 3 heteroatoms. The van der Waals surface area contributed by atoms with E-state index in [4.69, 9.17) is 5.11 Å². The number of aliphatic hydroxyl groups excluding tert-OH is 1. The zero-order valence-corrected chi connectivity index (χ0v) is 11.9. The van der Waals surface area contributed by atoms with Crippen molar-refractivity contribution in [3.05, 3.63) is 48.0 Å². The van der Waals surface area contributed by atoms with Gasteiger partial charge in [0.25, 0.3) is 0 Å². The van der Waals surface area contributed by atoms with E-state index in [0.29, 0.717) is 6.54 Å². The molecule has 0 atom stereocenters. The van der Waals surface area contributed by atoms with Crippen molar-refractivity contribution in [1.82, 2.24) is 10.2 Å². The molecule has 0 unspecified atom stereocenters. The normalized spacial score (nSPS) is 10.9. The van der Waals surface area contributed by atoms with Gasteiger partial charge in [-0.05, 0) is 24.1 Å². The van der Waals surface area contributed by atoms with Crippen molar-refractivity contribution in [2.24, 2.45) is 0 Å². The molecule has 0 heterocycles. The fraction of sp³-hybridized carbons (Fsp3) is 0.500. The smallest absolute Gasteiger partial charge is 0.0558 e. The van der Waals surface area contributed by atoms with Crippen molar-refractivity contribution in [3.63, 3.8) is 0 Å². The Hall–Kier alpha value is -1.16. The van der Waals surface area contributed by atoms with Gasteiger partial charge in [-0.1, -0.05) is 37.3 Å². The first kappa shape index (κ1) is 15.9. The number of hydrogen-bond donors (Lipinski definition) is 2. The molecule has 0 radical (unpaired) electrons. The minimum Gasteiger partial charge on any atom is -0.395 e. The molecule has 2 N–H and O–H groups in total. The van der Waals surface area contributed by atoms with Gasteiger partial charge in [-0.2, -0.15) is 0 Å². The highest BCUT2D eigenvalue weighted by atomic mass is 16.3. The highest BCUT2D eigenvalue weighted by Gasteiger charge is 2.07. The van der Waals surface area contributed by atoms with Crippen LogP contribution in [0.2, 0.25) is 0 Å². The zero-order valence-electron chi connectivity index (χ0n) is 11.9. The molecule has 0 bridgehead atoms. The average Bonchev–Trinajstić information content (AvgIpc) is 2.41. The van der Waals surface area contributed by atoms with Gasteiger partial charge in [0.15, 0.2) is 0 Å². The molecule has 0 amide bonds. The van der Waals surface area contributed by atoms with Gasteiger partial charge in [-0.25, -0.2) is 0 Å². The molecule has 19 heavy (non-hydrogen) atoms. The van der Waals surface area contributed by atoms with Crippen molar-refractivity contribution in [2.75, 3.05) is 26.2 Å². The summed E-state index contributed by atoms with van der Waals surface area (Å²) >= 11 is 0. The Morgan fingerprint density at radius 2 is 2.05 bits per heavy atom. The Labute approximate surface area is 116 Å². The predicted octanol–water partition coefficient (Wildman–Crippen LogP) is 2.17. The molecule has 0 aliphatic heterocycles. The van der Waals surface area contributed by atoms with Crippen molar-refractivity contribution >= 4 is 0 Å². The number of rotatable bonds is 10. The minimum absolute atomic E-state index is 0.185. The number of hydrogen-bond acceptors (Lipinski definition) is 3. The van der Waals surface area contributed by atoms with Crippen LogP contribution >= 0.6 is 0 Å². The van der Waals surface area contributed by atoms with E-state index < -0.39 is 0 Å². The Kier molecular flexibility index (Phi) is 8.14. The fourth-order valence-electron chi connectivity index (χ4n) is 2.08. The minimum atomic E-state index is 0.185. The highest BCUT2D eigenvalue weighted by molar-refractivity contribution is 5.27. The topological polar surface area (TPSA) is 35.5 Å². The first-order valence-corrected chi connectivity index (χ1v) is 7.03. The molecule has 0 aromatic heterocycles. The van der Waals surface area contributed by atoms with Gasteiger partial charge in [-0.15, -0.1) is 6.58 Å². The Balaban J connectivity index is 2.66. The summed E-state index contributed by atoms with van der Waals surface area (Å²) in [6.45, 7) is 10.4. The Morgan fingerprint density at radius 3 is 2.68 bits per heavy atom. The highest BCUT2D eigenvalue weighted by Crippen LogP contribution is 2.11.